The van der Waals surface area contributed by atoms with Gasteiger partial charge in [-0.2, -0.15) is 5.21 Å². The fourth-order valence-electron chi connectivity index (χ4n) is 2.58. The van der Waals surface area contributed by atoms with Crippen LogP contribution in [0.1, 0.15) is 29.0 Å². The van der Waals surface area contributed by atoms with Crippen LogP contribution in [0.5, 0.6) is 0 Å². The highest BCUT2D eigenvalue weighted by molar-refractivity contribution is 5.95. The van der Waals surface area contributed by atoms with Gasteiger partial charge < -0.3 is 9.32 Å². The average molecular weight is 309 g/mol. The summed E-state index contributed by atoms with van der Waals surface area (Å²) >= 11 is 0. The third-order valence-corrected chi connectivity index (χ3v) is 3.91. The fraction of sp³-hybridized carbons (Fsp3) is 0.250. The van der Waals surface area contributed by atoms with Crippen molar-refractivity contribution in [3.05, 3.63) is 54.2 Å². The van der Waals surface area contributed by atoms with Crippen LogP contribution in [0.15, 0.2) is 47.3 Å². The Morgan fingerprint density at radius 1 is 1.30 bits per heavy atom. The van der Waals surface area contributed by atoms with Crippen LogP contribution in [0.3, 0.4) is 0 Å². The molecule has 1 aromatic carbocycles. The lowest BCUT2D eigenvalue weighted by atomic mass is 10.1. The number of hydrogen-bond acceptors (Lipinski definition) is 5. The van der Waals surface area contributed by atoms with E-state index in [1.54, 1.807) is 12.5 Å². The van der Waals surface area contributed by atoms with Gasteiger partial charge in [0.05, 0.1) is 19.1 Å². The van der Waals surface area contributed by atoms with Crippen LogP contribution in [-0.4, -0.2) is 37.5 Å². The van der Waals surface area contributed by atoms with Gasteiger partial charge in [0.15, 0.2) is 5.82 Å². The van der Waals surface area contributed by atoms with Crippen molar-refractivity contribution in [2.45, 2.75) is 25.4 Å². The van der Waals surface area contributed by atoms with Crippen molar-refractivity contribution in [3.63, 3.8) is 0 Å². The fourth-order valence-corrected chi connectivity index (χ4v) is 2.58. The van der Waals surface area contributed by atoms with E-state index in [0.717, 1.165) is 24.0 Å². The number of nitrogens with zero attached hydrogens (tertiary/aromatic N) is 4. The molecule has 4 rings (SSSR count). The van der Waals surface area contributed by atoms with E-state index in [2.05, 4.69) is 20.6 Å². The molecule has 7 nitrogen and oxygen atoms in total. The lowest BCUT2D eigenvalue weighted by molar-refractivity contribution is 0.0725. The van der Waals surface area contributed by atoms with Crippen LogP contribution in [0, 0.1) is 0 Å². The highest BCUT2D eigenvalue weighted by Gasteiger charge is 2.34. The number of hydrogen-bond donors (Lipinski definition) is 1. The summed E-state index contributed by atoms with van der Waals surface area (Å²) in [6, 6.07) is 9.70. The summed E-state index contributed by atoms with van der Waals surface area (Å²) in [5.41, 5.74) is 2.56. The van der Waals surface area contributed by atoms with Gasteiger partial charge in [-0.15, -0.1) is 10.2 Å². The topological polar surface area (TPSA) is 87.9 Å². The average Bonchev–Trinajstić information content (AvgIpc) is 3.05. The monoisotopic (exact) mass is 309 g/mol. The number of aromatic amines is 1. The zero-order valence-electron chi connectivity index (χ0n) is 12.3. The number of tetrazole rings is 1. The van der Waals surface area contributed by atoms with Crippen molar-refractivity contribution >= 4 is 5.91 Å². The summed E-state index contributed by atoms with van der Waals surface area (Å²) in [7, 11) is 0. The van der Waals surface area contributed by atoms with Gasteiger partial charge in [-0.25, -0.2) is 0 Å². The minimum Gasteiger partial charge on any atom is -0.472 e. The minimum atomic E-state index is -0.0114. The molecule has 0 bridgehead atoms. The maximum absolute atomic E-state index is 12.9. The second-order valence-corrected chi connectivity index (χ2v) is 5.59. The SMILES string of the molecule is O=C(c1cccc(-c2ccoc2)c1)N(Cc1nn[nH]n1)C1CC1. The number of rotatable bonds is 5. The number of nitrogens with one attached hydrogen (secondary N) is 1. The van der Waals surface area contributed by atoms with Crippen LogP contribution in [0.25, 0.3) is 11.1 Å². The lowest BCUT2D eigenvalue weighted by Crippen LogP contribution is -2.33. The molecule has 23 heavy (non-hydrogen) atoms. The molecule has 0 aliphatic heterocycles. The number of amides is 1. The van der Waals surface area contributed by atoms with Crippen LogP contribution in [0.4, 0.5) is 0 Å². The van der Waals surface area contributed by atoms with Gasteiger partial charge >= 0.3 is 0 Å². The van der Waals surface area contributed by atoms with Gasteiger partial charge in [0, 0.05) is 17.2 Å². The Kier molecular flexibility index (Phi) is 3.38. The van der Waals surface area contributed by atoms with E-state index in [0.29, 0.717) is 17.9 Å². The first-order valence-electron chi connectivity index (χ1n) is 7.47. The summed E-state index contributed by atoms with van der Waals surface area (Å²) in [5, 5.41) is 13.9. The lowest BCUT2D eigenvalue weighted by Gasteiger charge is -2.21. The summed E-state index contributed by atoms with van der Waals surface area (Å²) in [6.45, 7) is 0.371. The molecule has 1 N–H and O–H groups in total. The molecule has 1 saturated carbocycles. The predicted octanol–water partition coefficient (Wildman–Crippen LogP) is 2.26. The van der Waals surface area contributed by atoms with E-state index < -0.39 is 0 Å². The second-order valence-electron chi connectivity index (χ2n) is 5.59. The van der Waals surface area contributed by atoms with Crippen molar-refractivity contribution in [1.29, 1.82) is 0 Å². The zero-order valence-corrected chi connectivity index (χ0v) is 12.3. The molecule has 0 spiro atoms. The van der Waals surface area contributed by atoms with Gasteiger partial charge in [-0.05, 0) is 36.6 Å². The van der Waals surface area contributed by atoms with Gasteiger partial charge in [-0.1, -0.05) is 17.3 Å². The molecule has 0 saturated heterocycles. The predicted molar refractivity (Wildman–Crippen MR) is 81.2 cm³/mol. The summed E-state index contributed by atoms with van der Waals surface area (Å²) < 4.78 is 5.11. The Morgan fingerprint density at radius 3 is 2.91 bits per heavy atom. The minimum absolute atomic E-state index is 0.0114. The summed E-state index contributed by atoms with van der Waals surface area (Å²) in [6.07, 6.45) is 5.33. The Labute approximate surface area is 132 Å². The molecule has 116 valence electrons. The van der Waals surface area contributed by atoms with Crippen LogP contribution in [-0.2, 0) is 6.54 Å². The first-order chi connectivity index (χ1) is 11.3. The van der Waals surface area contributed by atoms with E-state index in [9.17, 15) is 4.79 Å². The highest BCUT2D eigenvalue weighted by Crippen LogP contribution is 2.30. The summed E-state index contributed by atoms with van der Waals surface area (Å²) in [4.78, 5) is 14.7. The van der Waals surface area contributed by atoms with Crippen molar-refractivity contribution < 1.29 is 9.21 Å². The summed E-state index contributed by atoms with van der Waals surface area (Å²) in [5.74, 6) is 0.513. The van der Waals surface area contributed by atoms with Crippen molar-refractivity contribution in [1.82, 2.24) is 25.5 Å². The molecule has 0 atom stereocenters. The maximum atomic E-state index is 12.9. The van der Waals surface area contributed by atoms with Gasteiger partial charge in [0.2, 0.25) is 0 Å². The molecule has 3 aromatic rings. The molecular weight excluding hydrogens is 294 g/mol. The third kappa shape index (κ3) is 2.85. The van der Waals surface area contributed by atoms with Crippen LogP contribution >= 0.6 is 0 Å². The number of furan rings is 1. The zero-order chi connectivity index (χ0) is 15.6. The first-order valence-corrected chi connectivity index (χ1v) is 7.47. The molecule has 1 aliphatic rings. The molecular formula is C16H15N5O2. The van der Waals surface area contributed by atoms with Gasteiger partial charge in [-0.3, -0.25) is 4.79 Å². The normalized spacial score (nSPS) is 13.9. The Bertz CT molecular complexity index is 794. The maximum Gasteiger partial charge on any atom is 0.254 e. The molecule has 1 aliphatic carbocycles. The van der Waals surface area contributed by atoms with Gasteiger partial charge in [0.25, 0.3) is 5.91 Å². The van der Waals surface area contributed by atoms with Crippen LogP contribution in [0.2, 0.25) is 0 Å². The highest BCUT2D eigenvalue weighted by atomic mass is 16.3. The molecule has 1 amide bonds. The Morgan fingerprint density at radius 2 is 2.22 bits per heavy atom. The van der Waals surface area contributed by atoms with Crippen molar-refractivity contribution in [2.24, 2.45) is 0 Å². The van der Waals surface area contributed by atoms with Crippen molar-refractivity contribution in [3.8, 4) is 11.1 Å². The van der Waals surface area contributed by atoms with Gasteiger partial charge in [0.1, 0.15) is 0 Å². The first kappa shape index (κ1) is 13.7. The van der Waals surface area contributed by atoms with E-state index in [1.165, 1.54) is 0 Å². The van der Waals surface area contributed by atoms with Crippen LogP contribution < -0.4 is 0 Å². The number of carbonyl (C=O) groups is 1. The van der Waals surface area contributed by atoms with E-state index in [1.807, 2.05) is 35.2 Å². The quantitative estimate of drug-likeness (QED) is 0.781. The number of carbonyl (C=O) groups excluding carboxylic acids is 1. The molecule has 2 heterocycles. The Balaban J connectivity index is 1.60. The van der Waals surface area contributed by atoms with E-state index in [-0.39, 0.29) is 11.9 Å². The second kappa shape index (κ2) is 5.68. The molecule has 1 fully saturated rings. The van der Waals surface area contributed by atoms with Crippen molar-refractivity contribution in [2.75, 3.05) is 0 Å². The standard InChI is InChI=1S/C16H15N5O2/c22-16(21(14-4-5-14)9-15-17-19-20-18-15)12-3-1-2-11(8-12)13-6-7-23-10-13/h1-3,6-8,10,14H,4-5,9H2,(H,17,18,19,20). The largest absolute Gasteiger partial charge is 0.472 e. The number of benzene rings is 1. The molecule has 2 aromatic heterocycles. The number of aromatic nitrogens is 4. The molecule has 0 unspecified atom stereocenters. The third-order valence-electron chi connectivity index (χ3n) is 3.91. The van der Waals surface area contributed by atoms with E-state index >= 15 is 0 Å². The Hall–Kier alpha value is -2.96. The smallest absolute Gasteiger partial charge is 0.254 e. The molecule has 0 radical (unpaired) electrons. The number of H-pyrrole nitrogens is 1. The van der Waals surface area contributed by atoms with E-state index in [4.69, 9.17) is 4.42 Å². The molecule has 7 heteroatoms.